The lowest BCUT2D eigenvalue weighted by atomic mass is 10.2. The van der Waals surface area contributed by atoms with Crippen molar-refractivity contribution in [2.24, 2.45) is 0 Å². The molecule has 0 radical (unpaired) electrons. The van der Waals surface area contributed by atoms with Crippen LogP contribution in [0.25, 0.3) is 11.4 Å². The largest absolute Gasteiger partial charge is 0.454 e. The zero-order valence-electron chi connectivity index (χ0n) is 14.5. The third kappa shape index (κ3) is 4.17. The summed E-state index contributed by atoms with van der Waals surface area (Å²) < 4.78 is 10.6. The van der Waals surface area contributed by atoms with Gasteiger partial charge in [0.1, 0.15) is 10.9 Å². The number of hydrogen-bond acceptors (Lipinski definition) is 7. The molecule has 0 saturated heterocycles. The van der Waals surface area contributed by atoms with E-state index in [2.05, 4.69) is 20.3 Å². The van der Waals surface area contributed by atoms with Gasteiger partial charge in [-0.3, -0.25) is 9.78 Å². The first-order chi connectivity index (χ1) is 13.2. The molecule has 0 spiro atoms. The second-order valence-electron chi connectivity index (χ2n) is 5.76. The first kappa shape index (κ1) is 17.3. The Bertz CT molecular complexity index is 982. The number of rotatable bonds is 5. The first-order valence-electron chi connectivity index (χ1n) is 8.27. The van der Waals surface area contributed by atoms with Crippen LogP contribution in [-0.2, 0) is 4.79 Å². The van der Waals surface area contributed by atoms with Crippen LogP contribution in [0.5, 0.6) is 11.5 Å². The van der Waals surface area contributed by atoms with Crippen LogP contribution < -0.4 is 14.8 Å². The normalized spacial score (nSPS) is 12.0. The van der Waals surface area contributed by atoms with Gasteiger partial charge < -0.3 is 14.8 Å². The average molecular weight is 380 g/mol. The van der Waals surface area contributed by atoms with Crippen LogP contribution in [0.1, 0.15) is 5.82 Å². The quantitative estimate of drug-likeness (QED) is 0.537. The van der Waals surface area contributed by atoms with Crippen molar-refractivity contribution in [2.45, 2.75) is 11.9 Å². The second kappa shape index (κ2) is 7.63. The molecule has 1 amide bonds. The summed E-state index contributed by atoms with van der Waals surface area (Å²) >= 11 is 1.35. The summed E-state index contributed by atoms with van der Waals surface area (Å²) in [7, 11) is 0. The fourth-order valence-corrected chi connectivity index (χ4v) is 3.31. The Labute approximate surface area is 160 Å². The first-order valence-corrected chi connectivity index (χ1v) is 9.25. The summed E-state index contributed by atoms with van der Waals surface area (Å²) in [5.74, 6) is 2.05. The molecule has 1 aliphatic rings. The number of carbonyl (C=O) groups is 1. The molecule has 0 bridgehead atoms. The summed E-state index contributed by atoms with van der Waals surface area (Å²) in [5.41, 5.74) is 2.18. The minimum atomic E-state index is -0.130. The van der Waals surface area contributed by atoms with E-state index in [9.17, 15) is 4.79 Å². The van der Waals surface area contributed by atoms with Crippen molar-refractivity contribution in [3.63, 3.8) is 0 Å². The van der Waals surface area contributed by atoms with Crippen LogP contribution in [0.15, 0.2) is 53.7 Å². The summed E-state index contributed by atoms with van der Waals surface area (Å²) in [5, 5.41) is 3.58. The van der Waals surface area contributed by atoms with Crippen molar-refractivity contribution in [3.8, 4) is 22.9 Å². The molecule has 0 atom stereocenters. The number of ether oxygens (including phenoxy) is 2. The van der Waals surface area contributed by atoms with Gasteiger partial charge in [0.05, 0.1) is 17.1 Å². The predicted octanol–water partition coefficient (Wildman–Crippen LogP) is 3.31. The number of amides is 1. The topological polar surface area (TPSA) is 86.2 Å². The van der Waals surface area contributed by atoms with E-state index in [0.717, 1.165) is 16.4 Å². The summed E-state index contributed by atoms with van der Waals surface area (Å²) in [4.78, 5) is 25.4. The molecule has 1 aromatic carbocycles. The standard InChI is InChI=1S/C19H16N4O3S/c1-12-21-15(14-4-2-3-7-20-14)9-19(22-12)27-10-18(24)23-13-5-6-16-17(8-13)26-11-25-16/h2-9H,10-11H2,1H3,(H,23,24). The number of benzene rings is 1. The van der Waals surface area contributed by atoms with Crippen molar-refractivity contribution in [1.29, 1.82) is 0 Å². The highest BCUT2D eigenvalue weighted by molar-refractivity contribution is 7.99. The number of nitrogens with one attached hydrogen (secondary N) is 1. The van der Waals surface area contributed by atoms with Gasteiger partial charge in [-0.2, -0.15) is 0 Å². The Morgan fingerprint density at radius 2 is 2.00 bits per heavy atom. The zero-order chi connectivity index (χ0) is 18.6. The molecule has 1 N–H and O–H groups in total. The minimum absolute atomic E-state index is 0.130. The molecule has 1 aliphatic heterocycles. The molecule has 27 heavy (non-hydrogen) atoms. The van der Waals surface area contributed by atoms with Gasteiger partial charge in [-0.15, -0.1) is 0 Å². The number of carbonyl (C=O) groups excluding carboxylic acids is 1. The monoisotopic (exact) mass is 380 g/mol. The lowest BCUT2D eigenvalue weighted by molar-refractivity contribution is -0.113. The van der Waals surface area contributed by atoms with Crippen LogP contribution in [0.4, 0.5) is 5.69 Å². The molecule has 4 rings (SSSR count). The molecule has 0 aliphatic carbocycles. The van der Waals surface area contributed by atoms with Gasteiger partial charge in [0.25, 0.3) is 0 Å². The highest BCUT2D eigenvalue weighted by Gasteiger charge is 2.14. The van der Waals surface area contributed by atoms with E-state index >= 15 is 0 Å². The molecular formula is C19H16N4O3S. The lowest BCUT2D eigenvalue weighted by Crippen LogP contribution is -2.14. The van der Waals surface area contributed by atoms with E-state index in [1.165, 1.54) is 11.8 Å². The summed E-state index contributed by atoms with van der Waals surface area (Å²) in [6.07, 6.45) is 1.72. The third-order valence-electron chi connectivity index (χ3n) is 3.75. The van der Waals surface area contributed by atoms with Gasteiger partial charge in [-0.05, 0) is 37.3 Å². The SMILES string of the molecule is Cc1nc(SCC(=O)Nc2ccc3c(c2)OCO3)cc(-c2ccccn2)n1. The number of anilines is 1. The van der Waals surface area contributed by atoms with Gasteiger partial charge in [0, 0.05) is 18.0 Å². The van der Waals surface area contributed by atoms with Crippen molar-refractivity contribution in [2.75, 3.05) is 17.9 Å². The molecule has 7 nitrogen and oxygen atoms in total. The third-order valence-corrected chi connectivity index (χ3v) is 4.66. The van der Waals surface area contributed by atoms with Crippen LogP contribution in [0.2, 0.25) is 0 Å². The van der Waals surface area contributed by atoms with Gasteiger partial charge in [-0.25, -0.2) is 9.97 Å². The van der Waals surface area contributed by atoms with Crippen LogP contribution in [-0.4, -0.2) is 33.4 Å². The average Bonchev–Trinajstić information content (AvgIpc) is 3.14. The van der Waals surface area contributed by atoms with E-state index < -0.39 is 0 Å². The van der Waals surface area contributed by atoms with Crippen LogP contribution in [0.3, 0.4) is 0 Å². The Balaban J connectivity index is 1.41. The van der Waals surface area contributed by atoms with Crippen LogP contribution in [0, 0.1) is 6.92 Å². The molecule has 0 unspecified atom stereocenters. The van der Waals surface area contributed by atoms with Crippen molar-refractivity contribution >= 4 is 23.4 Å². The summed E-state index contributed by atoms with van der Waals surface area (Å²) in [6, 6.07) is 12.8. The number of pyridine rings is 1. The minimum Gasteiger partial charge on any atom is -0.454 e. The van der Waals surface area contributed by atoms with Crippen molar-refractivity contribution < 1.29 is 14.3 Å². The Morgan fingerprint density at radius 1 is 1.11 bits per heavy atom. The summed E-state index contributed by atoms with van der Waals surface area (Å²) in [6.45, 7) is 2.03. The molecule has 0 fully saturated rings. The maximum absolute atomic E-state index is 12.3. The van der Waals surface area contributed by atoms with E-state index in [0.29, 0.717) is 23.0 Å². The number of aryl methyl sites for hydroxylation is 1. The fraction of sp³-hybridized carbons (Fsp3) is 0.158. The number of nitrogens with zero attached hydrogens (tertiary/aromatic N) is 3. The van der Waals surface area contributed by atoms with E-state index in [4.69, 9.17) is 9.47 Å². The Hall–Kier alpha value is -3.13. The number of thioether (sulfide) groups is 1. The van der Waals surface area contributed by atoms with E-state index in [1.54, 1.807) is 24.4 Å². The maximum Gasteiger partial charge on any atom is 0.234 e. The maximum atomic E-state index is 12.3. The number of aromatic nitrogens is 3. The van der Waals surface area contributed by atoms with Crippen molar-refractivity contribution in [1.82, 2.24) is 15.0 Å². The fourth-order valence-electron chi connectivity index (χ4n) is 2.57. The Morgan fingerprint density at radius 3 is 2.85 bits per heavy atom. The smallest absolute Gasteiger partial charge is 0.234 e. The molecular weight excluding hydrogens is 364 g/mol. The number of fused-ring (bicyclic) bond motifs is 1. The van der Waals surface area contributed by atoms with E-state index in [-0.39, 0.29) is 18.5 Å². The van der Waals surface area contributed by atoms with Gasteiger partial charge >= 0.3 is 0 Å². The molecule has 3 heterocycles. The molecule has 3 aromatic rings. The molecule has 2 aromatic heterocycles. The molecule has 136 valence electrons. The predicted molar refractivity (Wildman–Crippen MR) is 102 cm³/mol. The highest BCUT2D eigenvalue weighted by Crippen LogP contribution is 2.34. The highest BCUT2D eigenvalue weighted by atomic mass is 32.2. The van der Waals surface area contributed by atoms with Crippen LogP contribution >= 0.6 is 11.8 Å². The zero-order valence-corrected chi connectivity index (χ0v) is 15.3. The van der Waals surface area contributed by atoms with Gasteiger partial charge in [-0.1, -0.05) is 17.8 Å². The lowest BCUT2D eigenvalue weighted by Gasteiger charge is -2.07. The second-order valence-corrected chi connectivity index (χ2v) is 6.75. The van der Waals surface area contributed by atoms with Crippen molar-refractivity contribution in [3.05, 3.63) is 54.5 Å². The Kier molecular flexibility index (Phi) is 4.88. The number of hydrogen-bond donors (Lipinski definition) is 1. The molecule has 0 saturated carbocycles. The molecule has 8 heteroatoms. The van der Waals surface area contributed by atoms with Gasteiger partial charge in [0.2, 0.25) is 12.7 Å². The van der Waals surface area contributed by atoms with Gasteiger partial charge in [0.15, 0.2) is 11.5 Å². The van der Waals surface area contributed by atoms with E-state index in [1.807, 2.05) is 31.2 Å².